The maximum absolute atomic E-state index is 13.4. The first-order chi connectivity index (χ1) is 15.7. The van der Waals surface area contributed by atoms with Gasteiger partial charge in [-0.2, -0.15) is 0 Å². The quantitative estimate of drug-likeness (QED) is 0.188. The van der Waals surface area contributed by atoms with Crippen molar-refractivity contribution in [1.29, 1.82) is 0 Å². The topological polar surface area (TPSA) is 78.0 Å². The number of hydrogen-bond acceptors (Lipinski definition) is 4. The highest BCUT2D eigenvalue weighted by atomic mass is 127. The fraction of sp³-hybridized carbons (Fsp3) is 0.417. The summed E-state index contributed by atoms with van der Waals surface area (Å²) < 4.78 is 18.9. The maximum atomic E-state index is 13.4. The summed E-state index contributed by atoms with van der Waals surface area (Å²) in [6.07, 6.45) is 0.768. The van der Waals surface area contributed by atoms with Crippen LogP contribution < -0.4 is 16.0 Å². The lowest BCUT2D eigenvalue weighted by Crippen LogP contribution is -2.46. The Hall–Kier alpha value is -2.24. The van der Waals surface area contributed by atoms with Gasteiger partial charge in [-0.15, -0.1) is 24.0 Å². The van der Waals surface area contributed by atoms with Crippen molar-refractivity contribution in [3.05, 3.63) is 71.5 Å². The molecule has 0 bridgehead atoms. The average molecular weight is 569 g/mol. The molecule has 3 rings (SSSR count). The van der Waals surface area contributed by atoms with Gasteiger partial charge in [-0.3, -0.25) is 14.7 Å². The van der Waals surface area contributed by atoms with Crippen molar-refractivity contribution in [3.8, 4) is 0 Å². The normalized spacial score (nSPS) is 15.3. The van der Waals surface area contributed by atoms with Gasteiger partial charge in [0, 0.05) is 45.3 Å². The molecular formula is C24H33FIN5O2. The molecule has 0 aliphatic carbocycles. The van der Waals surface area contributed by atoms with Crippen LogP contribution in [0.15, 0.2) is 59.6 Å². The van der Waals surface area contributed by atoms with Gasteiger partial charge in [-0.1, -0.05) is 30.3 Å². The summed E-state index contributed by atoms with van der Waals surface area (Å²) in [6.45, 7) is 4.93. The molecule has 9 heteroatoms. The minimum atomic E-state index is -0.237. The molecule has 2 aromatic carbocycles. The number of rotatable bonds is 9. The Morgan fingerprint density at radius 3 is 2.36 bits per heavy atom. The molecule has 7 nitrogen and oxygen atoms in total. The van der Waals surface area contributed by atoms with Crippen molar-refractivity contribution in [2.75, 3.05) is 53.0 Å². The zero-order chi connectivity index (χ0) is 22.6. The van der Waals surface area contributed by atoms with Crippen molar-refractivity contribution >= 4 is 35.8 Å². The molecule has 1 heterocycles. The standard InChI is InChI=1S/C24H32FN5O2.HI/c1-26-24(28-13-5-12-27-23(31)20-6-3-2-4-7-20)29-18-22(30-14-16-32-17-15-30)19-8-10-21(25)11-9-19;/h2-4,6-11,22H,5,12-18H2,1H3,(H,27,31)(H2,26,28,29);1H. The van der Waals surface area contributed by atoms with Crippen molar-refractivity contribution in [1.82, 2.24) is 20.9 Å². The van der Waals surface area contributed by atoms with Gasteiger partial charge in [0.1, 0.15) is 5.82 Å². The van der Waals surface area contributed by atoms with E-state index in [1.165, 1.54) is 12.1 Å². The summed E-state index contributed by atoms with van der Waals surface area (Å²) >= 11 is 0. The van der Waals surface area contributed by atoms with Crippen LogP contribution in [0, 0.1) is 5.82 Å². The lowest BCUT2D eigenvalue weighted by molar-refractivity contribution is 0.0170. The van der Waals surface area contributed by atoms with Crippen molar-refractivity contribution in [2.45, 2.75) is 12.5 Å². The maximum Gasteiger partial charge on any atom is 0.251 e. The third-order valence-corrected chi connectivity index (χ3v) is 5.40. The van der Waals surface area contributed by atoms with Crippen LogP contribution in [0.25, 0.3) is 0 Å². The Morgan fingerprint density at radius 1 is 1.03 bits per heavy atom. The fourth-order valence-electron chi connectivity index (χ4n) is 3.63. The molecule has 1 fully saturated rings. The highest BCUT2D eigenvalue weighted by molar-refractivity contribution is 14.0. The van der Waals surface area contributed by atoms with E-state index in [0.29, 0.717) is 44.4 Å². The lowest BCUT2D eigenvalue weighted by Gasteiger charge is -2.35. The molecule has 1 unspecified atom stereocenters. The second-order valence-corrected chi connectivity index (χ2v) is 7.57. The molecule has 1 aliphatic heterocycles. The number of amides is 1. The molecule has 33 heavy (non-hydrogen) atoms. The number of guanidine groups is 1. The molecule has 0 radical (unpaired) electrons. The summed E-state index contributed by atoms with van der Waals surface area (Å²) in [7, 11) is 1.73. The first-order valence-electron chi connectivity index (χ1n) is 11.0. The van der Waals surface area contributed by atoms with Crippen molar-refractivity contribution < 1.29 is 13.9 Å². The highest BCUT2D eigenvalue weighted by Gasteiger charge is 2.23. The summed E-state index contributed by atoms with van der Waals surface area (Å²) in [5.74, 6) is 0.389. The number of halogens is 2. The van der Waals surface area contributed by atoms with E-state index in [0.717, 1.165) is 25.1 Å². The number of carbonyl (C=O) groups is 1. The number of morpholine rings is 1. The van der Waals surface area contributed by atoms with Crippen LogP contribution in [0.2, 0.25) is 0 Å². The van der Waals surface area contributed by atoms with E-state index in [4.69, 9.17) is 4.74 Å². The lowest BCUT2D eigenvalue weighted by atomic mass is 10.0. The highest BCUT2D eigenvalue weighted by Crippen LogP contribution is 2.21. The van der Waals surface area contributed by atoms with Crippen LogP contribution in [0.4, 0.5) is 4.39 Å². The first-order valence-corrected chi connectivity index (χ1v) is 11.0. The van der Waals surface area contributed by atoms with Crippen LogP contribution in [-0.4, -0.2) is 69.8 Å². The molecule has 1 saturated heterocycles. The van der Waals surface area contributed by atoms with Crippen molar-refractivity contribution in [2.24, 2.45) is 4.99 Å². The molecule has 180 valence electrons. The van der Waals surface area contributed by atoms with Gasteiger partial charge in [0.2, 0.25) is 0 Å². The van der Waals surface area contributed by atoms with Crippen LogP contribution in [0.3, 0.4) is 0 Å². The number of nitrogens with zero attached hydrogens (tertiary/aromatic N) is 2. The largest absolute Gasteiger partial charge is 0.379 e. The van der Waals surface area contributed by atoms with Gasteiger partial charge in [0.05, 0.1) is 19.3 Å². The predicted octanol–water partition coefficient (Wildman–Crippen LogP) is 2.80. The summed E-state index contributed by atoms with van der Waals surface area (Å²) in [4.78, 5) is 18.7. The van der Waals surface area contributed by atoms with Gasteiger partial charge in [-0.25, -0.2) is 4.39 Å². The van der Waals surface area contributed by atoms with E-state index in [1.54, 1.807) is 19.2 Å². The summed E-state index contributed by atoms with van der Waals surface area (Å²) in [5, 5.41) is 9.59. The van der Waals surface area contributed by atoms with E-state index in [9.17, 15) is 9.18 Å². The molecular weight excluding hydrogens is 536 g/mol. The molecule has 3 N–H and O–H groups in total. The minimum Gasteiger partial charge on any atom is -0.379 e. The monoisotopic (exact) mass is 569 g/mol. The fourth-order valence-corrected chi connectivity index (χ4v) is 3.63. The van der Waals surface area contributed by atoms with Crippen LogP contribution in [-0.2, 0) is 4.74 Å². The molecule has 0 spiro atoms. The molecule has 1 atom stereocenters. The van der Waals surface area contributed by atoms with E-state index in [-0.39, 0.29) is 41.7 Å². The van der Waals surface area contributed by atoms with E-state index in [1.807, 2.05) is 30.3 Å². The Kier molecular flexibility index (Phi) is 12.1. The molecule has 0 saturated carbocycles. The van der Waals surface area contributed by atoms with Gasteiger partial charge in [0.15, 0.2) is 5.96 Å². The van der Waals surface area contributed by atoms with E-state index in [2.05, 4.69) is 25.8 Å². The van der Waals surface area contributed by atoms with E-state index >= 15 is 0 Å². The number of aliphatic imine (C=N–C) groups is 1. The molecule has 0 aromatic heterocycles. The van der Waals surface area contributed by atoms with Gasteiger partial charge in [0.25, 0.3) is 5.91 Å². The zero-order valence-electron chi connectivity index (χ0n) is 18.9. The van der Waals surface area contributed by atoms with Gasteiger partial charge >= 0.3 is 0 Å². The van der Waals surface area contributed by atoms with Crippen LogP contribution in [0.5, 0.6) is 0 Å². The summed E-state index contributed by atoms with van der Waals surface area (Å²) in [5.41, 5.74) is 1.72. The third-order valence-electron chi connectivity index (χ3n) is 5.40. The second-order valence-electron chi connectivity index (χ2n) is 7.57. The molecule has 1 amide bonds. The van der Waals surface area contributed by atoms with Crippen molar-refractivity contribution in [3.63, 3.8) is 0 Å². The Labute approximate surface area is 212 Å². The smallest absolute Gasteiger partial charge is 0.251 e. The molecule has 1 aliphatic rings. The number of benzene rings is 2. The predicted molar refractivity (Wildman–Crippen MR) is 140 cm³/mol. The third kappa shape index (κ3) is 8.90. The minimum absolute atomic E-state index is 0. The Morgan fingerprint density at radius 2 is 1.70 bits per heavy atom. The molecule has 2 aromatic rings. The van der Waals surface area contributed by atoms with Crippen LogP contribution in [0.1, 0.15) is 28.4 Å². The van der Waals surface area contributed by atoms with Gasteiger partial charge < -0.3 is 20.7 Å². The number of carbonyl (C=O) groups excluding carboxylic acids is 1. The van der Waals surface area contributed by atoms with Crippen LogP contribution >= 0.6 is 24.0 Å². The number of hydrogen-bond donors (Lipinski definition) is 3. The zero-order valence-corrected chi connectivity index (χ0v) is 21.3. The SMILES string of the molecule is CN=C(NCCCNC(=O)c1ccccc1)NCC(c1ccc(F)cc1)N1CCOCC1.I. The first kappa shape index (κ1) is 27.0. The summed E-state index contributed by atoms with van der Waals surface area (Å²) in [6, 6.07) is 15.9. The second kappa shape index (κ2) is 14.8. The average Bonchev–Trinajstić information content (AvgIpc) is 2.84. The Bertz CT molecular complexity index is 861. The Balaban J connectivity index is 0.00000385. The number of nitrogens with one attached hydrogen (secondary N) is 3. The van der Waals surface area contributed by atoms with Gasteiger partial charge in [-0.05, 0) is 36.2 Å². The van der Waals surface area contributed by atoms with E-state index < -0.39 is 0 Å². The number of ether oxygens (including phenoxy) is 1.